The molecule has 0 spiro atoms. The van der Waals surface area contributed by atoms with E-state index in [0.717, 1.165) is 5.56 Å². The molecule has 0 unspecified atom stereocenters. The van der Waals surface area contributed by atoms with Crippen molar-refractivity contribution in [2.75, 3.05) is 0 Å². The number of hydrogen-bond acceptors (Lipinski definition) is 3. The van der Waals surface area contributed by atoms with Crippen molar-refractivity contribution in [1.82, 2.24) is 4.90 Å². The number of imide groups is 1. The number of nitrogens with zero attached hydrogens (tertiary/aromatic N) is 1. The summed E-state index contributed by atoms with van der Waals surface area (Å²) < 4.78 is 0. The summed E-state index contributed by atoms with van der Waals surface area (Å²) in [6.07, 6.45) is 1.11. The molecule has 1 heterocycles. The van der Waals surface area contributed by atoms with Crippen LogP contribution in [-0.2, 0) is 16.1 Å². The highest BCUT2D eigenvalue weighted by atomic mass is 16.2. The predicted octanol–water partition coefficient (Wildman–Crippen LogP) is 2.95. The van der Waals surface area contributed by atoms with Crippen molar-refractivity contribution in [3.8, 4) is 0 Å². The SMILES string of the molecule is CC(C)(C)CC(=O)c1ccc(CN2C(=O)CCC2=O)cc1. The van der Waals surface area contributed by atoms with Gasteiger partial charge in [0.15, 0.2) is 5.78 Å². The first-order chi connectivity index (χ1) is 9.76. The van der Waals surface area contributed by atoms with Gasteiger partial charge in [-0.2, -0.15) is 0 Å². The minimum atomic E-state index is -0.118. The molecule has 1 saturated heterocycles. The molecule has 2 amide bonds. The van der Waals surface area contributed by atoms with Crippen LogP contribution in [-0.4, -0.2) is 22.5 Å². The lowest BCUT2D eigenvalue weighted by molar-refractivity contribution is -0.139. The van der Waals surface area contributed by atoms with Gasteiger partial charge in [0.2, 0.25) is 11.8 Å². The van der Waals surface area contributed by atoms with E-state index in [1.165, 1.54) is 4.90 Å². The lowest BCUT2D eigenvalue weighted by Gasteiger charge is -2.17. The maximum Gasteiger partial charge on any atom is 0.229 e. The van der Waals surface area contributed by atoms with Gasteiger partial charge in [0.05, 0.1) is 6.54 Å². The highest BCUT2D eigenvalue weighted by Gasteiger charge is 2.28. The molecular weight excluding hydrogens is 266 g/mol. The van der Waals surface area contributed by atoms with Crippen LogP contribution in [0.1, 0.15) is 56.0 Å². The number of benzene rings is 1. The summed E-state index contributed by atoms with van der Waals surface area (Å²) in [5.41, 5.74) is 1.50. The fourth-order valence-electron chi connectivity index (χ4n) is 2.36. The van der Waals surface area contributed by atoms with Crippen molar-refractivity contribution in [2.24, 2.45) is 5.41 Å². The third-order valence-corrected chi connectivity index (χ3v) is 3.46. The molecule has 0 radical (unpaired) electrons. The normalized spacial score (nSPS) is 15.7. The molecule has 1 aromatic carbocycles. The van der Waals surface area contributed by atoms with Gasteiger partial charge >= 0.3 is 0 Å². The lowest BCUT2D eigenvalue weighted by atomic mass is 9.88. The highest BCUT2D eigenvalue weighted by molar-refractivity contribution is 6.01. The molecule has 0 bridgehead atoms. The molecule has 0 saturated carbocycles. The average Bonchev–Trinajstić information content (AvgIpc) is 2.69. The zero-order valence-corrected chi connectivity index (χ0v) is 12.8. The molecule has 0 N–H and O–H groups in total. The van der Waals surface area contributed by atoms with Gasteiger partial charge in [-0.3, -0.25) is 19.3 Å². The maximum absolute atomic E-state index is 12.1. The van der Waals surface area contributed by atoms with Crippen molar-refractivity contribution in [1.29, 1.82) is 0 Å². The van der Waals surface area contributed by atoms with Crippen molar-refractivity contribution in [2.45, 2.75) is 46.6 Å². The maximum atomic E-state index is 12.1. The smallest absolute Gasteiger partial charge is 0.229 e. The Hall–Kier alpha value is -1.97. The molecule has 4 heteroatoms. The van der Waals surface area contributed by atoms with E-state index in [-0.39, 0.29) is 23.0 Å². The number of hydrogen-bond donors (Lipinski definition) is 0. The summed E-state index contributed by atoms with van der Waals surface area (Å²) >= 11 is 0. The van der Waals surface area contributed by atoms with Gasteiger partial charge in [0.25, 0.3) is 0 Å². The van der Waals surface area contributed by atoms with Crippen LogP contribution in [0.3, 0.4) is 0 Å². The van der Waals surface area contributed by atoms with Gasteiger partial charge < -0.3 is 0 Å². The van der Waals surface area contributed by atoms with E-state index in [2.05, 4.69) is 0 Å². The van der Waals surface area contributed by atoms with Crippen molar-refractivity contribution >= 4 is 17.6 Å². The summed E-state index contributed by atoms with van der Waals surface area (Å²) in [4.78, 5) is 36.5. The number of carbonyl (C=O) groups excluding carboxylic acids is 3. The van der Waals surface area contributed by atoms with E-state index in [9.17, 15) is 14.4 Å². The van der Waals surface area contributed by atoms with E-state index in [1.807, 2.05) is 32.9 Å². The van der Waals surface area contributed by atoms with Crippen LogP contribution in [0.4, 0.5) is 0 Å². The number of Topliss-reactive ketones (excluding diaryl/α,β-unsaturated/α-hetero) is 1. The Kier molecular flexibility index (Phi) is 4.26. The summed E-state index contributed by atoms with van der Waals surface area (Å²) in [6.45, 7) is 6.39. The van der Waals surface area contributed by atoms with Gasteiger partial charge in [-0.05, 0) is 11.0 Å². The van der Waals surface area contributed by atoms with Crippen LogP contribution in [0.5, 0.6) is 0 Å². The molecule has 21 heavy (non-hydrogen) atoms. The Labute approximate surface area is 125 Å². The Morgan fingerprint density at radius 3 is 2.05 bits per heavy atom. The quantitative estimate of drug-likeness (QED) is 0.632. The van der Waals surface area contributed by atoms with Gasteiger partial charge in [0, 0.05) is 24.8 Å². The highest BCUT2D eigenvalue weighted by Crippen LogP contribution is 2.22. The number of rotatable bonds is 4. The third-order valence-electron chi connectivity index (χ3n) is 3.46. The van der Waals surface area contributed by atoms with Gasteiger partial charge in [-0.25, -0.2) is 0 Å². The largest absolute Gasteiger partial charge is 0.294 e. The minimum absolute atomic E-state index is 0.0376. The Morgan fingerprint density at radius 2 is 1.57 bits per heavy atom. The molecule has 0 aliphatic carbocycles. The molecule has 112 valence electrons. The summed E-state index contributed by atoms with van der Waals surface area (Å²) in [6, 6.07) is 7.17. The second kappa shape index (κ2) is 5.80. The van der Waals surface area contributed by atoms with E-state index in [4.69, 9.17) is 0 Å². The van der Waals surface area contributed by atoms with Crippen molar-refractivity contribution in [3.63, 3.8) is 0 Å². The van der Waals surface area contributed by atoms with E-state index in [1.54, 1.807) is 12.1 Å². The average molecular weight is 287 g/mol. The Morgan fingerprint density at radius 1 is 1.05 bits per heavy atom. The molecule has 2 rings (SSSR count). The fraction of sp³-hybridized carbons (Fsp3) is 0.471. The van der Waals surface area contributed by atoms with E-state index >= 15 is 0 Å². The van der Waals surface area contributed by atoms with Gasteiger partial charge in [-0.1, -0.05) is 45.0 Å². The molecule has 1 aromatic rings. The predicted molar refractivity (Wildman–Crippen MR) is 79.6 cm³/mol. The van der Waals surface area contributed by atoms with Gasteiger partial charge in [0.1, 0.15) is 0 Å². The molecule has 1 aliphatic rings. The lowest BCUT2D eigenvalue weighted by Crippen LogP contribution is -2.28. The molecule has 4 nitrogen and oxygen atoms in total. The number of likely N-dealkylation sites (tertiary alicyclic amines) is 1. The number of ketones is 1. The molecule has 1 fully saturated rings. The number of carbonyl (C=O) groups is 3. The van der Waals surface area contributed by atoms with Crippen LogP contribution in [0.15, 0.2) is 24.3 Å². The molecule has 1 aliphatic heterocycles. The number of amides is 2. The second-order valence-electron chi connectivity index (χ2n) is 6.73. The monoisotopic (exact) mass is 287 g/mol. The summed E-state index contributed by atoms with van der Waals surface area (Å²) in [5, 5.41) is 0. The van der Waals surface area contributed by atoms with Crippen LogP contribution < -0.4 is 0 Å². The second-order valence-corrected chi connectivity index (χ2v) is 6.73. The zero-order valence-electron chi connectivity index (χ0n) is 12.8. The van der Waals surface area contributed by atoms with Crippen LogP contribution in [0, 0.1) is 5.41 Å². The van der Waals surface area contributed by atoms with Crippen LogP contribution in [0.2, 0.25) is 0 Å². The first-order valence-corrected chi connectivity index (χ1v) is 7.21. The van der Waals surface area contributed by atoms with Gasteiger partial charge in [-0.15, -0.1) is 0 Å². The first kappa shape index (κ1) is 15.4. The van der Waals surface area contributed by atoms with Crippen LogP contribution in [0.25, 0.3) is 0 Å². The molecule has 0 atom stereocenters. The van der Waals surface area contributed by atoms with E-state index < -0.39 is 0 Å². The standard InChI is InChI=1S/C17H21NO3/c1-17(2,3)10-14(19)13-6-4-12(5-7-13)11-18-15(20)8-9-16(18)21/h4-7H,8-11H2,1-3H3. The minimum Gasteiger partial charge on any atom is -0.294 e. The molecule has 0 aromatic heterocycles. The topological polar surface area (TPSA) is 54.5 Å². The van der Waals surface area contributed by atoms with Crippen molar-refractivity contribution in [3.05, 3.63) is 35.4 Å². The summed E-state index contributed by atoms with van der Waals surface area (Å²) in [5.74, 6) is -0.122. The fourth-order valence-corrected chi connectivity index (χ4v) is 2.36. The first-order valence-electron chi connectivity index (χ1n) is 7.21. The zero-order chi connectivity index (χ0) is 15.6. The molecular formula is C17H21NO3. The van der Waals surface area contributed by atoms with E-state index in [0.29, 0.717) is 31.4 Å². The Bertz CT molecular complexity index is 551. The third kappa shape index (κ3) is 4.00. The van der Waals surface area contributed by atoms with Crippen LogP contribution >= 0.6 is 0 Å². The Balaban J connectivity index is 2.04. The summed E-state index contributed by atoms with van der Waals surface area (Å²) in [7, 11) is 0. The van der Waals surface area contributed by atoms with Crippen molar-refractivity contribution < 1.29 is 14.4 Å².